The summed E-state index contributed by atoms with van der Waals surface area (Å²) in [6.45, 7) is 0.467. The third-order valence-corrected chi connectivity index (χ3v) is 4.20. The standard InChI is InChI=1S/C18H18N2O3/c1-19(18(21)16-11-17(16)20(22)23)12-13-7-9-15(10-8-13)14-5-3-2-4-6-14/h2-10,16-17H,11-12H2,1H3/t16-,17+/m0/s1. The van der Waals surface area contributed by atoms with Crippen molar-refractivity contribution in [3.05, 3.63) is 70.3 Å². The van der Waals surface area contributed by atoms with Crippen molar-refractivity contribution in [2.75, 3.05) is 7.05 Å². The molecule has 0 aliphatic heterocycles. The highest BCUT2D eigenvalue weighted by Crippen LogP contribution is 2.34. The second kappa shape index (κ2) is 6.20. The lowest BCUT2D eigenvalue weighted by molar-refractivity contribution is -0.497. The Labute approximate surface area is 134 Å². The van der Waals surface area contributed by atoms with Crippen molar-refractivity contribution in [1.29, 1.82) is 0 Å². The zero-order valence-electron chi connectivity index (χ0n) is 12.9. The van der Waals surface area contributed by atoms with E-state index in [0.717, 1.165) is 16.7 Å². The maximum Gasteiger partial charge on any atom is 0.232 e. The highest BCUT2D eigenvalue weighted by molar-refractivity contribution is 5.81. The summed E-state index contributed by atoms with van der Waals surface area (Å²) in [5, 5.41) is 10.7. The quantitative estimate of drug-likeness (QED) is 0.630. The molecular weight excluding hydrogens is 292 g/mol. The Kier molecular flexibility index (Phi) is 4.10. The molecule has 0 saturated heterocycles. The molecule has 1 aliphatic carbocycles. The number of hydrogen-bond acceptors (Lipinski definition) is 3. The van der Waals surface area contributed by atoms with Crippen LogP contribution in [0.25, 0.3) is 11.1 Å². The fourth-order valence-electron chi connectivity index (χ4n) is 2.75. The normalized spacial score (nSPS) is 19.2. The number of hydrogen-bond donors (Lipinski definition) is 0. The predicted molar refractivity (Wildman–Crippen MR) is 87.2 cm³/mol. The number of benzene rings is 2. The maximum absolute atomic E-state index is 12.1. The zero-order valence-corrected chi connectivity index (χ0v) is 12.9. The first-order valence-electron chi connectivity index (χ1n) is 7.59. The number of carbonyl (C=O) groups is 1. The van der Waals surface area contributed by atoms with E-state index in [9.17, 15) is 14.9 Å². The van der Waals surface area contributed by atoms with Crippen molar-refractivity contribution in [3.63, 3.8) is 0 Å². The number of amides is 1. The van der Waals surface area contributed by atoms with Gasteiger partial charge in [-0.3, -0.25) is 14.9 Å². The van der Waals surface area contributed by atoms with Gasteiger partial charge in [-0.1, -0.05) is 54.6 Å². The van der Waals surface area contributed by atoms with Crippen molar-refractivity contribution in [2.24, 2.45) is 5.92 Å². The SMILES string of the molecule is CN(Cc1ccc(-c2ccccc2)cc1)C(=O)[C@H]1C[C@H]1[N+](=O)[O-]. The van der Waals surface area contributed by atoms with Crippen LogP contribution >= 0.6 is 0 Å². The first-order valence-corrected chi connectivity index (χ1v) is 7.59. The molecule has 0 N–H and O–H groups in total. The van der Waals surface area contributed by atoms with Crippen LogP contribution in [0.5, 0.6) is 0 Å². The van der Waals surface area contributed by atoms with Gasteiger partial charge in [0.2, 0.25) is 11.9 Å². The van der Waals surface area contributed by atoms with Crippen molar-refractivity contribution in [2.45, 2.75) is 19.0 Å². The van der Waals surface area contributed by atoms with Gasteiger partial charge in [-0.25, -0.2) is 0 Å². The van der Waals surface area contributed by atoms with E-state index in [1.807, 2.05) is 42.5 Å². The van der Waals surface area contributed by atoms with E-state index in [0.29, 0.717) is 13.0 Å². The summed E-state index contributed by atoms with van der Waals surface area (Å²) in [5.74, 6) is -0.586. The average molecular weight is 310 g/mol. The maximum atomic E-state index is 12.1. The fraction of sp³-hybridized carbons (Fsp3) is 0.278. The lowest BCUT2D eigenvalue weighted by Crippen LogP contribution is -2.29. The molecule has 5 nitrogen and oxygen atoms in total. The minimum absolute atomic E-state index is 0.140. The van der Waals surface area contributed by atoms with Gasteiger partial charge in [-0.05, 0) is 16.7 Å². The lowest BCUT2D eigenvalue weighted by atomic mass is 10.0. The summed E-state index contributed by atoms with van der Waals surface area (Å²) in [5.41, 5.74) is 3.29. The van der Waals surface area contributed by atoms with E-state index >= 15 is 0 Å². The Morgan fingerprint density at radius 2 is 1.74 bits per heavy atom. The Bertz CT molecular complexity index is 713. The number of nitro groups is 1. The molecule has 0 heterocycles. The third-order valence-electron chi connectivity index (χ3n) is 4.20. The smallest absolute Gasteiger partial charge is 0.232 e. The van der Waals surface area contributed by atoms with Gasteiger partial charge >= 0.3 is 0 Å². The topological polar surface area (TPSA) is 63.5 Å². The molecule has 0 radical (unpaired) electrons. The van der Waals surface area contributed by atoms with E-state index in [-0.39, 0.29) is 10.8 Å². The molecule has 2 atom stereocenters. The number of rotatable bonds is 5. The predicted octanol–water partition coefficient (Wildman–Crippen LogP) is 2.98. The van der Waals surface area contributed by atoms with Gasteiger partial charge in [-0.15, -0.1) is 0 Å². The number of carbonyl (C=O) groups excluding carboxylic acids is 1. The van der Waals surface area contributed by atoms with Crippen LogP contribution < -0.4 is 0 Å². The van der Waals surface area contributed by atoms with E-state index in [1.54, 1.807) is 11.9 Å². The van der Waals surface area contributed by atoms with E-state index in [2.05, 4.69) is 12.1 Å². The van der Waals surface area contributed by atoms with E-state index in [4.69, 9.17) is 0 Å². The van der Waals surface area contributed by atoms with Gasteiger partial charge in [0.15, 0.2) is 0 Å². The number of nitrogens with zero attached hydrogens (tertiary/aromatic N) is 2. The van der Waals surface area contributed by atoms with Gasteiger partial charge < -0.3 is 4.90 Å². The van der Waals surface area contributed by atoms with Crippen LogP contribution in [0.2, 0.25) is 0 Å². The van der Waals surface area contributed by atoms with E-state index < -0.39 is 12.0 Å². The molecule has 1 fully saturated rings. The Balaban J connectivity index is 1.62. The van der Waals surface area contributed by atoms with Crippen LogP contribution in [-0.2, 0) is 11.3 Å². The molecule has 1 saturated carbocycles. The van der Waals surface area contributed by atoms with Crippen LogP contribution in [0, 0.1) is 16.0 Å². The van der Waals surface area contributed by atoms with Crippen LogP contribution in [0.3, 0.4) is 0 Å². The molecule has 0 spiro atoms. The summed E-state index contributed by atoms with van der Waals surface area (Å²) in [6, 6.07) is 17.4. The monoisotopic (exact) mass is 310 g/mol. The van der Waals surface area contributed by atoms with E-state index in [1.165, 1.54) is 0 Å². The van der Waals surface area contributed by atoms with Gasteiger partial charge in [0.1, 0.15) is 5.92 Å². The van der Waals surface area contributed by atoms with Crippen LogP contribution in [0.1, 0.15) is 12.0 Å². The Morgan fingerprint density at radius 1 is 1.13 bits per heavy atom. The minimum Gasteiger partial charge on any atom is -0.341 e. The Hall–Kier alpha value is -2.69. The second-order valence-electron chi connectivity index (χ2n) is 5.95. The molecule has 0 aromatic heterocycles. The molecule has 0 unspecified atom stereocenters. The fourth-order valence-corrected chi connectivity index (χ4v) is 2.75. The molecule has 1 aliphatic rings. The molecule has 23 heavy (non-hydrogen) atoms. The van der Waals surface area contributed by atoms with Crippen molar-refractivity contribution < 1.29 is 9.72 Å². The second-order valence-corrected chi connectivity index (χ2v) is 5.95. The molecule has 3 rings (SSSR count). The van der Waals surface area contributed by atoms with Gasteiger partial charge in [-0.2, -0.15) is 0 Å². The molecular formula is C18H18N2O3. The lowest BCUT2D eigenvalue weighted by Gasteiger charge is -2.17. The summed E-state index contributed by atoms with van der Waals surface area (Å²) in [4.78, 5) is 24.0. The molecule has 2 aromatic rings. The van der Waals surface area contributed by atoms with Gasteiger partial charge in [0.25, 0.3) is 0 Å². The Morgan fingerprint density at radius 3 is 2.30 bits per heavy atom. The molecule has 5 heteroatoms. The van der Waals surface area contributed by atoms with Crippen LogP contribution in [0.15, 0.2) is 54.6 Å². The summed E-state index contributed by atoms with van der Waals surface area (Å²) >= 11 is 0. The molecule has 1 amide bonds. The van der Waals surface area contributed by atoms with Crippen LogP contribution in [-0.4, -0.2) is 28.8 Å². The largest absolute Gasteiger partial charge is 0.341 e. The van der Waals surface area contributed by atoms with Gasteiger partial charge in [0, 0.05) is 24.9 Å². The zero-order chi connectivity index (χ0) is 16.4. The molecule has 0 bridgehead atoms. The van der Waals surface area contributed by atoms with Crippen molar-refractivity contribution in [1.82, 2.24) is 4.90 Å². The van der Waals surface area contributed by atoms with Crippen molar-refractivity contribution >= 4 is 5.91 Å². The highest BCUT2D eigenvalue weighted by atomic mass is 16.6. The van der Waals surface area contributed by atoms with Gasteiger partial charge in [0.05, 0.1) is 0 Å². The minimum atomic E-state index is -0.689. The first kappa shape index (κ1) is 15.2. The highest BCUT2D eigenvalue weighted by Gasteiger charge is 2.54. The molecule has 118 valence electrons. The summed E-state index contributed by atoms with van der Waals surface area (Å²) in [7, 11) is 1.70. The first-order chi connectivity index (χ1) is 11.1. The average Bonchev–Trinajstić information content (AvgIpc) is 3.36. The summed E-state index contributed by atoms with van der Waals surface area (Å²) < 4.78 is 0. The van der Waals surface area contributed by atoms with Crippen LogP contribution in [0.4, 0.5) is 0 Å². The van der Waals surface area contributed by atoms with Crippen molar-refractivity contribution in [3.8, 4) is 11.1 Å². The molecule has 2 aromatic carbocycles. The third kappa shape index (κ3) is 3.39. The summed E-state index contributed by atoms with van der Waals surface area (Å²) in [6.07, 6.45) is 0.364.